The van der Waals surface area contributed by atoms with Gasteiger partial charge in [-0.1, -0.05) is 19.9 Å². The van der Waals surface area contributed by atoms with Gasteiger partial charge in [0.05, 0.1) is 33.5 Å². The van der Waals surface area contributed by atoms with Crippen LogP contribution in [0.25, 0.3) is 0 Å². The van der Waals surface area contributed by atoms with E-state index in [2.05, 4.69) is 11.4 Å². The molecule has 2 aromatic rings. The molecular weight excluding hydrogens is 478 g/mol. The molecule has 0 fully saturated rings. The monoisotopic (exact) mass is 511 g/mol. The molecule has 4 rings (SSSR count). The van der Waals surface area contributed by atoms with Crippen molar-refractivity contribution >= 4 is 23.1 Å². The van der Waals surface area contributed by atoms with Crippen molar-refractivity contribution in [2.75, 3.05) is 27.9 Å². The standard InChI is InChI=1S/C28H33NO6S/c1-15(2)14-35-28(31)24-16(3)29-19-10-17(23-8-7-9-36-23)11-20(30)26(19)25(24)18-12-21(32-4)27(34-6)22(13-18)33-5/h7-9,12-13,15,17,25,29H,10-11,14H2,1-6H3. The Bertz CT molecular complexity index is 1190. The fraction of sp³-hybridized carbons (Fsp3) is 0.429. The number of rotatable bonds is 8. The van der Waals surface area contributed by atoms with Crippen LogP contribution >= 0.6 is 11.3 Å². The summed E-state index contributed by atoms with van der Waals surface area (Å²) in [5.41, 5.74) is 3.25. The maximum Gasteiger partial charge on any atom is 0.336 e. The lowest BCUT2D eigenvalue weighted by Gasteiger charge is -2.36. The third-order valence-electron chi connectivity index (χ3n) is 6.56. The Morgan fingerprint density at radius 2 is 1.81 bits per heavy atom. The van der Waals surface area contributed by atoms with Gasteiger partial charge < -0.3 is 24.3 Å². The number of carbonyl (C=O) groups excluding carboxylic acids is 2. The summed E-state index contributed by atoms with van der Waals surface area (Å²) in [6, 6.07) is 7.70. The maximum atomic E-state index is 13.7. The van der Waals surface area contributed by atoms with Crippen LogP contribution in [0.3, 0.4) is 0 Å². The molecule has 2 aliphatic rings. The topological polar surface area (TPSA) is 83.1 Å². The van der Waals surface area contributed by atoms with Gasteiger partial charge in [0.25, 0.3) is 0 Å². The van der Waals surface area contributed by atoms with Gasteiger partial charge in [-0.25, -0.2) is 4.79 Å². The minimum absolute atomic E-state index is 0.0163. The number of benzene rings is 1. The second-order valence-corrected chi connectivity index (χ2v) is 10.5. The number of hydrogen-bond donors (Lipinski definition) is 1. The first-order valence-corrected chi connectivity index (χ1v) is 12.9. The summed E-state index contributed by atoms with van der Waals surface area (Å²) in [6.07, 6.45) is 1.07. The molecule has 8 heteroatoms. The lowest BCUT2D eigenvalue weighted by atomic mass is 9.72. The third kappa shape index (κ3) is 4.87. The van der Waals surface area contributed by atoms with Crippen molar-refractivity contribution in [3.63, 3.8) is 0 Å². The highest BCUT2D eigenvalue weighted by Crippen LogP contribution is 2.49. The molecule has 1 aromatic heterocycles. The Morgan fingerprint density at radius 3 is 2.36 bits per heavy atom. The molecule has 0 saturated heterocycles. The highest BCUT2D eigenvalue weighted by molar-refractivity contribution is 7.10. The van der Waals surface area contributed by atoms with Crippen LogP contribution in [-0.2, 0) is 14.3 Å². The van der Waals surface area contributed by atoms with E-state index in [1.807, 2.05) is 44.4 Å². The summed E-state index contributed by atoms with van der Waals surface area (Å²) in [5.74, 6) is 0.611. The smallest absolute Gasteiger partial charge is 0.336 e. The number of dihydropyridines is 1. The zero-order chi connectivity index (χ0) is 26.0. The highest BCUT2D eigenvalue weighted by atomic mass is 32.1. The number of ketones is 1. The number of methoxy groups -OCH3 is 3. The van der Waals surface area contributed by atoms with Crippen LogP contribution < -0.4 is 19.5 Å². The van der Waals surface area contributed by atoms with Gasteiger partial charge in [-0.3, -0.25) is 4.79 Å². The number of nitrogens with one attached hydrogen (secondary N) is 1. The van der Waals surface area contributed by atoms with Crippen molar-refractivity contribution < 1.29 is 28.5 Å². The molecule has 0 bridgehead atoms. The van der Waals surface area contributed by atoms with Crippen LogP contribution in [0.4, 0.5) is 0 Å². The first-order chi connectivity index (χ1) is 17.3. The Labute approximate surface area is 216 Å². The molecule has 2 heterocycles. The van der Waals surface area contributed by atoms with Crippen molar-refractivity contribution in [2.45, 2.75) is 45.4 Å². The molecule has 2 unspecified atom stereocenters. The minimum Gasteiger partial charge on any atom is -0.493 e. The second kappa shape index (κ2) is 10.8. The fourth-order valence-electron chi connectivity index (χ4n) is 4.96. The summed E-state index contributed by atoms with van der Waals surface area (Å²) in [6.45, 7) is 6.12. The van der Waals surface area contributed by atoms with E-state index >= 15 is 0 Å². The van der Waals surface area contributed by atoms with E-state index in [0.29, 0.717) is 52.5 Å². The number of esters is 1. The predicted octanol–water partition coefficient (Wildman–Crippen LogP) is 5.33. The van der Waals surface area contributed by atoms with Crippen LogP contribution in [0.15, 0.2) is 52.2 Å². The molecule has 0 amide bonds. The Kier molecular flexibility index (Phi) is 7.73. The van der Waals surface area contributed by atoms with Crippen molar-refractivity contribution in [3.05, 3.63) is 62.6 Å². The lowest BCUT2D eigenvalue weighted by Crippen LogP contribution is -2.36. The van der Waals surface area contributed by atoms with Gasteiger partial charge in [-0.15, -0.1) is 11.3 Å². The molecule has 1 aromatic carbocycles. The molecular formula is C28H33NO6S. The number of Topliss-reactive ketones (excluding diaryl/α,β-unsaturated/α-hetero) is 1. The van der Waals surface area contributed by atoms with Crippen molar-refractivity contribution in [1.29, 1.82) is 0 Å². The predicted molar refractivity (Wildman–Crippen MR) is 139 cm³/mol. The molecule has 0 saturated carbocycles. The Morgan fingerprint density at radius 1 is 1.11 bits per heavy atom. The summed E-state index contributed by atoms with van der Waals surface area (Å²) >= 11 is 1.66. The second-order valence-electron chi connectivity index (χ2n) is 9.48. The number of hydrogen-bond acceptors (Lipinski definition) is 8. The Balaban J connectivity index is 1.86. The number of thiophene rings is 1. The van der Waals surface area contributed by atoms with E-state index in [4.69, 9.17) is 18.9 Å². The summed E-state index contributed by atoms with van der Waals surface area (Å²) < 4.78 is 22.3. The van der Waals surface area contributed by atoms with Gasteiger partial charge in [0.2, 0.25) is 5.75 Å². The number of ether oxygens (including phenoxy) is 4. The highest BCUT2D eigenvalue weighted by Gasteiger charge is 2.42. The van der Waals surface area contributed by atoms with Crippen LogP contribution in [0, 0.1) is 5.92 Å². The normalized spacial score (nSPS) is 19.7. The molecule has 2 atom stereocenters. The molecule has 1 N–H and O–H groups in total. The summed E-state index contributed by atoms with van der Waals surface area (Å²) in [7, 11) is 4.63. The van der Waals surface area contributed by atoms with Crippen LogP contribution in [0.1, 0.15) is 55.9 Å². The van der Waals surface area contributed by atoms with Gasteiger partial charge in [0, 0.05) is 40.1 Å². The molecule has 0 radical (unpaired) electrons. The molecule has 0 spiro atoms. The quantitative estimate of drug-likeness (QED) is 0.479. The van der Waals surface area contributed by atoms with Crippen LogP contribution in [0.5, 0.6) is 17.2 Å². The molecule has 7 nitrogen and oxygen atoms in total. The van der Waals surface area contributed by atoms with Gasteiger partial charge in [0.1, 0.15) is 0 Å². The van der Waals surface area contributed by atoms with E-state index in [1.54, 1.807) is 32.7 Å². The average molecular weight is 512 g/mol. The molecule has 192 valence electrons. The van der Waals surface area contributed by atoms with Crippen LogP contribution in [0.2, 0.25) is 0 Å². The van der Waals surface area contributed by atoms with Gasteiger partial charge in [-0.05, 0) is 48.4 Å². The fourth-order valence-corrected chi connectivity index (χ4v) is 5.79. The zero-order valence-electron chi connectivity index (χ0n) is 21.6. The lowest BCUT2D eigenvalue weighted by molar-refractivity contribution is -0.140. The largest absolute Gasteiger partial charge is 0.493 e. The van der Waals surface area contributed by atoms with Crippen LogP contribution in [-0.4, -0.2) is 39.7 Å². The van der Waals surface area contributed by atoms with Crippen molar-refractivity contribution in [2.24, 2.45) is 5.92 Å². The van der Waals surface area contributed by atoms with E-state index in [1.165, 1.54) is 4.88 Å². The first-order valence-electron chi connectivity index (χ1n) is 12.0. The SMILES string of the molecule is COc1cc(C2C(C(=O)OCC(C)C)=C(C)NC3=C2C(=O)CC(c2cccs2)C3)cc(OC)c1OC. The zero-order valence-corrected chi connectivity index (χ0v) is 22.4. The van der Waals surface area contributed by atoms with E-state index in [-0.39, 0.29) is 24.2 Å². The number of carbonyl (C=O) groups is 2. The van der Waals surface area contributed by atoms with Gasteiger partial charge in [0.15, 0.2) is 17.3 Å². The summed E-state index contributed by atoms with van der Waals surface area (Å²) in [5, 5.41) is 5.43. The van der Waals surface area contributed by atoms with Gasteiger partial charge >= 0.3 is 5.97 Å². The van der Waals surface area contributed by atoms with Crippen molar-refractivity contribution in [3.8, 4) is 17.2 Å². The van der Waals surface area contributed by atoms with Crippen molar-refractivity contribution in [1.82, 2.24) is 5.32 Å². The maximum absolute atomic E-state index is 13.7. The number of allylic oxidation sites excluding steroid dienone is 3. The van der Waals surface area contributed by atoms with E-state index in [0.717, 1.165) is 5.70 Å². The summed E-state index contributed by atoms with van der Waals surface area (Å²) in [4.78, 5) is 28.3. The minimum atomic E-state index is -0.619. The first kappa shape index (κ1) is 25.8. The third-order valence-corrected chi connectivity index (χ3v) is 7.60. The molecule has 36 heavy (non-hydrogen) atoms. The Hall–Kier alpha value is -3.26. The average Bonchev–Trinajstić information content (AvgIpc) is 3.40. The van der Waals surface area contributed by atoms with Gasteiger partial charge in [-0.2, -0.15) is 0 Å². The van der Waals surface area contributed by atoms with E-state index in [9.17, 15) is 9.59 Å². The van der Waals surface area contributed by atoms with E-state index < -0.39 is 11.9 Å². The molecule has 1 aliphatic heterocycles. The molecule has 1 aliphatic carbocycles.